The first-order chi connectivity index (χ1) is 7.88. The van der Waals surface area contributed by atoms with Crippen LogP contribution in [0.25, 0.3) is 11.1 Å². The second kappa shape index (κ2) is 7.66. The molecule has 0 aliphatic rings. The van der Waals surface area contributed by atoms with Crippen molar-refractivity contribution in [1.82, 2.24) is 5.32 Å². The van der Waals surface area contributed by atoms with Crippen LogP contribution in [0, 0.1) is 0 Å². The van der Waals surface area contributed by atoms with Crippen molar-refractivity contribution in [2.45, 2.75) is 6.92 Å². The van der Waals surface area contributed by atoms with Crippen LogP contribution < -0.4 is 5.32 Å². The average molecular weight is 213 g/mol. The van der Waals surface area contributed by atoms with Gasteiger partial charge in [-0.1, -0.05) is 67.6 Å². The van der Waals surface area contributed by atoms with Gasteiger partial charge in [0.05, 0.1) is 0 Å². The van der Waals surface area contributed by atoms with E-state index in [0.29, 0.717) is 0 Å². The summed E-state index contributed by atoms with van der Waals surface area (Å²) in [6.45, 7) is 3.14. The third kappa shape index (κ3) is 4.28. The monoisotopic (exact) mass is 213 g/mol. The molecule has 16 heavy (non-hydrogen) atoms. The molecular weight excluding hydrogens is 194 g/mol. The van der Waals surface area contributed by atoms with Crippen LogP contribution in [0.3, 0.4) is 0 Å². The minimum atomic E-state index is 1.07. The lowest BCUT2D eigenvalue weighted by atomic mass is 10.1. The Hall–Kier alpha value is -1.60. The van der Waals surface area contributed by atoms with Gasteiger partial charge in [-0.2, -0.15) is 0 Å². The quantitative estimate of drug-likeness (QED) is 0.804. The number of benzene rings is 2. The minimum Gasteiger partial charge on any atom is -0.320 e. The fourth-order valence-electron chi connectivity index (χ4n) is 1.26. The van der Waals surface area contributed by atoms with Gasteiger partial charge in [0.2, 0.25) is 0 Å². The summed E-state index contributed by atoms with van der Waals surface area (Å²) < 4.78 is 0. The molecule has 0 atom stereocenters. The van der Waals surface area contributed by atoms with Crippen LogP contribution in [0.5, 0.6) is 0 Å². The molecule has 0 bridgehead atoms. The second-order valence-electron chi connectivity index (χ2n) is 3.44. The van der Waals surface area contributed by atoms with Crippen molar-refractivity contribution in [3.05, 3.63) is 60.7 Å². The average Bonchev–Trinajstić information content (AvgIpc) is 2.41. The molecule has 0 saturated carbocycles. The Bertz CT molecular complexity index is 328. The highest BCUT2D eigenvalue weighted by Crippen LogP contribution is 2.17. The predicted octanol–water partition coefficient (Wildman–Crippen LogP) is 3.58. The topological polar surface area (TPSA) is 12.0 Å². The molecule has 1 heteroatoms. The first-order valence-electron chi connectivity index (χ1n) is 5.63. The molecule has 0 fully saturated rings. The molecular formula is C15H19N. The summed E-state index contributed by atoms with van der Waals surface area (Å²) in [5.41, 5.74) is 2.55. The van der Waals surface area contributed by atoms with E-state index in [1.54, 1.807) is 0 Å². The zero-order valence-electron chi connectivity index (χ0n) is 9.98. The van der Waals surface area contributed by atoms with Crippen molar-refractivity contribution in [1.29, 1.82) is 0 Å². The molecule has 0 aliphatic heterocycles. The van der Waals surface area contributed by atoms with E-state index in [4.69, 9.17) is 0 Å². The van der Waals surface area contributed by atoms with Gasteiger partial charge in [0.15, 0.2) is 0 Å². The SMILES string of the molecule is CCNC.c1ccc(-c2ccccc2)cc1. The standard InChI is InChI=1S/C12H10.C3H9N/c1-3-7-11(8-4-1)12-9-5-2-6-10-12;1-3-4-2/h1-10H;4H,3H2,1-2H3. The third-order valence-corrected chi connectivity index (χ3v) is 2.23. The van der Waals surface area contributed by atoms with Crippen LogP contribution in [0.2, 0.25) is 0 Å². The Morgan fingerprint density at radius 1 is 0.750 bits per heavy atom. The van der Waals surface area contributed by atoms with E-state index in [1.807, 2.05) is 19.2 Å². The molecule has 0 unspecified atom stereocenters. The summed E-state index contributed by atoms with van der Waals surface area (Å²) in [7, 11) is 1.93. The first kappa shape index (κ1) is 12.5. The van der Waals surface area contributed by atoms with Crippen molar-refractivity contribution < 1.29 is 0 Å². The van der Waals surface area contributed by atoms with Gasteiger partial charge in [-0.3, -0.25) is 0 Å². The molecule has 0 spiro atoms. The molecule has 2 rings (SSSR count). The summed E-state index contributed by atoms with van der Waals surface area (Å²) in [6, 6.07) is 20.8. The summed E-state index contributed by atoms with van der Waals surface area (Å²) in [5, 5.41) is 2.93. The fraction of sp³-hybridized carbons (Fsp3) is 0.200. The Morgan fingerprint density at radius 3 is 1.31 bits per heavy atom. The Balaban J connectivity index is 0.000000280. The van der Waals surface area contributed by atoms with Gasteiger partial charge >= 0.3 is 0 Å². The van der Waals surface area contributed by atoms with Gasteiger partial charge in [-0.05, 0) is 24.7 Å². The van der Waals surface area contributed by atoms with Crippen LogP contribution >= 0.6 is 0 Å². The highest BCUT2D eigenvalue weighted by atomic mass is 14.8. The van der Waals surface area contributed by atoms with Crippen LogP contribution in [-0.2, 0) is 0 Å². The van der Waals surface area contributed by atoms with E-state index < -0.39 is 0 Å². The molecule has 0 aromatic heterocycles. The van der Waals surface area contributed by atoms with Gasteiger partial charge in [-0.15, -0.1) is 0 Å². The maximum absolute atomic E-state index is 2.93. The smallest absolute Gasteiger partial charge is 0.00804 e. The Labute approximate surface area is 98.1 Å². The van der Waals surface area contributed by atoms with Gasteiger partial charge in [0, 0.05) is 0 Å². The summed E-state index contributed by atoms with van der Waals surface area (Å²) in [4.78, 5) is 0. The van der Waals surface area contributed by atoms with Gasteiger partial charge in [0.25, 0.3) is 0 Å². The van der Waals surface area contributed by atoms with E-state index in [-0.39, 0.29) is 0 Å². The molecule has 1 nitrogen and oxygen atoms in total. The lowest BCUT2D eigenvalue weighted by molar-refractivity contribution is 0.864. The van der Waals surface area contributed by atoms with Crippen molar-refractivity contribution in [3.63, 3.8) is 0 Å². The van der Waals surface area contributed by atoms with Gasteiger partial charge < -0.3 is 5.32 Å². The zero-order chi connectivity index (χ0) is 11.6. The lowest BCUT2D eigenvalue weighted by Crippen LogP contribution is -2.01. The van der Waals surface area contributed by atoms with Crippen molar-refractivity contribution in [3.8, 4) is 11.1 Å². The largest absolute Gasteiger partial charge is 0.320 e. The maximum atomic E-state index is 2.93. The van der Waals surface area contributed by atoms with E-state index >= 15 is 0 Å². The van der Waals surface area contributed by atoms with E-state index in [2.05, 4.69) is 60.8 Å². The third-order valence-electron chi connectivity index (χ3n) is 2.23. The fourth-order valence-corrected chi connectivity index (χ4v) is 1.26. The van der Waals surface area contributed by atoms with Gasteiger partial charge in [-0.25, -0.2) is 0 Å². The minimum absolute atomic E-state index is 1.07. The lowest BCUT2D eigenvalue weighted by Gasteiger charge is -1.98. The molecule has 0 saturated heterocycles. The second-order valence-corrected chi connectivity index (χ2v) is 3.44. The van der Waals surface area contributed by atoms with Crippen LogP contribution in [-0.4, -0.2) is 13.6 Å². The maximum Gasteiger partial charge on any atom is -0.00804 e. The van der Waals surface area contributed by atoms with Gasteiger partial charge in [0.1, 0.15) is 0 Å². The van der Waals surface area contributed by atoms with Crippen molar-refractivity contribution in [2.75, 3.05) is 13.6 Å². The van der Waals surface area contributed by atoms with E-state index in [9.17, 15) is 0 Å². The Kier molecular flexibility index (Phi) is 5.97. The summed E-state index contributed by atoms with van der Waals surface area (Å²) >= 11 is 0. The molecule has 0 amide bonds. The highest BCUT2D eigenvalue weighted by molar-refractivity contribution is 5.62. The molecule has 0 heterocycles. The number of rotatable bonds is 2. The molecule has 0 aliphatic carbocycles. The summed E-state index contributed by atoms with van der Waals surface area (Å²) in [6.07, 6.45) is 0. The molecule has 2 aromatic carbocycles. The molecule has 84 valence electrons. The normalized spacial score (nSPS) is 9.12. The van der Waals surface area contributed by atoms with Crippen LogP contribution in [0.15, 0.2) is 60.7 Å². The summed E-state index contributed by atoms with van der Waals surface area (Å²) in [5.74, 6) is 0. The molecule has 1 N–H and O–H groups in total. The zero-order valence-corrected chi connectivity index (χ0v) is 9.98. The number of nitrogens with one attached hydrogen (secondary N) is 1. The molecule has 0 radical (unpaired) electrons. The first-order valence-corrected chi connectivity index (χ1v) is 5.63. The van der Waals surface area contributed by atoms with E-state index in [1.165, 1.54) is 11.1 Å². The van der Waals surface area contributed by atoms with Crippen LogP contribution in [0.4, 0.5) is 0 Å². The van der Waals surface area contributed by atoms with Crippen molar-refractivity contribution in [2.24, 2.45) is 0 Å². The van der Waals surface area contributed by atoms with E-state index in [0.717, 1.165) is 6.54 Å². The Morgan fingerprint density at radius 2 is 1.06 bits per heavy atom. The predicted molar refractivity (Wildman–Crippen MR) is 71.5 cm³/mol. The van der Waals surface area contributed by atoms with Crippen molar-refractivity contribution >= 4 is 0 Å². The van der Waals surface area contributed by atoms with Crippen LogP contribution in [0.1, 0.15) is 6.92 Å². The molecule has 2 aromatic rings. The highest BCUT2D eigenvalue weighted by Gasteiger charge is 1.91. The number of hydrogen-bond donors (Lipinski definition) is 1. The number of hydrogen-bond acceptors (Lipinski definition) is 1.